The molecule has 2 aromatic rings. The molecule has 0 amide bonds. The first-order valence-corrected chi connectivity index (χ1v) is 4.00. The zero-order valence-electron chi connectivity index (χ0n) is 13.2. The van der Waals surface area contributed by atoms with Crippen LogP contribution in [0, 0.1) is 6.85 Å². The fourth-order valence-corrected chi connectivity index (χ4v) is 0.975. The summed E-state index contributed by atoms with van der Waals surface area (Å²) in [5, 5.41) is 3.66. The minimum absolute atomic E-state index is 0.0281. The molecule has 2 heterocycles. The molecule has 13 heavy (non-hydrogen) atoms. The Labute approximate surface area is 93.6 Å². The van der Waals surface area contributed by atoms with Gasteiger partial charge < -0.3 is 0 Å². The molecule has 0 saturated carbocycles. The second-order valence-electron chi connectivity index (χ2n) is 2.06. The van der Waals surface area contributed by atoms with E-state index < -0.39 is 30.9 Å². The predicted octanol–water partition coefficient (Wildman–Crippen LogP) is 1.73. The van der Waals surface area contributed by atoms with Crippen molar-refractivity contribution in [2.24, 2.45) is 0 Å². The summed E-state index contributed by atoms with van der Waals surface area (Å²) in [5.74, 6) is -0.220. The number of nitrogens with zero attached hydrogens (tertiary/aromatic N) is 4. The lowest BCUT2D eigenvalue weighted by Crippen LogP contribution is -1.99. The Kier molecular flexibility index (Phi) is 0.875. The predicted molar refractivity (Wildman–Crippen MR) is 51.6 cm³/mol. The average molecular weight is 246 g/mol. The van der Waals surface area contributed by atoms with Crippen molar-refractivity contribution in [1.82, 2.24) is 19.7 Å². The molecule has 0 unspecified atom stereocenters. The van der Waals surface area contributed by atoms with E-state index in [-0.39, 0.29) is 16.6 Å². The summed E-state index contributed by atoms with van der Waals surface area (Å²) in [6.07, 6.45) is -1.21. The molecular formula is C8H7BrN4. The minimum atomic E-state index is -2.64. The van der Waals surface area contributed by atoms with Gasteiger partial charge in [0.05, 0.1) is 23.5 Å². The van der Waals surface area contributed by atoms with Crippen molar-refractivity contribution in [3.8, 4) is 5.82 Å². The van der Waals surface area contributed by atoms with E-state index in [0.29, 0.717) is 0 Å². The first-order valence-electron chi connectivity index (χ1n) is 6.70. The zero-order valence-corrected chi connectivity index (χ0v) is 7.75. The van der Waals surface area contributed by atoms with Gasteiger partial charge in [0.15, 0.2) is 5.82 Å². The average Bonchev–Trinajstić information content (AvgIpc) is 2.61. The van der Waals surface area contributed by atoms with Gasteiger partial charge in [-0.1, -0.05) is 0 Å². The molecule has 2 aromatic heterocycles. The maximum Gasteiger partial charge on any atom is 0.172 e. The standard InChI is InChI=1S/C8H7BrN4/c1-6-2-3-13(12-6)8-5-10-4-7(9)11-8/h2-5H,1H3/i1D3,2D,3D,4D,5D. The number of aryl methyl sites for hydroxylation is 1. The summed E-state index contributed by atoms with van der Waals surface area (Å²) >= 11 is 2.96. The highest BCUT2D eigenvalue weighted by atomic mass is 79.9. The normalized spacial score (nSPS) is 19.0. The molecule has 0 atom stereocenters. The Morgan fingerprint density at radius 1 is 1.62 bits per heavy atom. The van der Waals surface area contributed by atoms with Crippen LogP contribution in [0.2, 0.25) is 0 Å². The molecule has 0 bridgehead atoms. The van der Waals surface area contributed by atoms with Crippen molar-refractivity contribution in [3.63, 3.8) is 0 Å². The molecule has 0 aliphatic rings. The summed E-state index contributed by atoms with van der Waals surface area (Å²) in [6, 6.07) is -0.558. The Balaban J connectivity index is 2.69. The van der Waals surface area contributed by atoms with E-state index in [9.17, 15) is 0 Å². The fraction of sp³-hybridized carbons (Fsp3) is 0.125. The largest absolute Gasteiger partial charge is 0.258 e. The van der Waals surface area contributed by atoms with E-state index in [1.807, 2.05) is 0 Å². The third kappa shape index (κ3) is 1.75. The fourth-order valence-electron chi connectivity index (χ4n) is 0.718. The monoisotopic (exact) mass is 245 g/mol. The summed E-state index contributed by atoms with van der Waals surface area (Å²) in [7, 11) is 0. The van der Waals surface area contributed by atoms with Crippen LogP contribution in [-0.4, -0.2) is 19.7 Å². The van der Waals surface area contributed by atoms with Crippen LogP contribution in [0.25, 0.3) is 5.82 Å². The summed E-state index contributed by atoms with van der Waals surface area (Å²) in [6.45, 7) is -2.64. The number of halogens is 1. The second-order valence-corrected chi connectivity index (χ2v) is 2.81. The second kappa shape index (κ2) is 3.26. The Bertz CT molecular complexity index is 680. The highest BCUT2D eigenvalue weighted by molar-refractivity contribution is 9.10. The van der Waals surface area contributed by atoms with Gasteiger partial charge in [0.2, 0.25) is 0 Å². The van der Waals surface area contributed by atoms with Crippen LogP contribution in [0.4, 0.5) is 0 Å². The molecule has 66 valence electrons. The van der Waals surface area contributed by atoms with Crippen molar-refractivity contribution in [2.75, 3.05) is 0 Å². The third-order valence-electron chi connectivity index (χ3n) is 1.19. The first-order chi connectivity index (χ1) is 9.12. The Morgan fingerprint density at radius 2 is 2.54 bits per heavy atom. The van der Waals surface area contributed by atoms with Gasteiger partial charge in [0.25, 0.3) is 0 Å². The van der Waals surface area contributed by atoms with Crippen LogP contribution in [0.1, 0.15) is 15.3 Å². The molecule has 0 fully saturated rings. The zero-order chi connectivity index (χ0) is 15.2. The quantitative estimate of drug-likeness (QED) is 0.769. The molecule has 0 spiro atoms. The van der Waals surface area contributed by atoms with Crippen LogP contribution in [0.5, 0.6) is 0 Å². The first kappa shape index (κ1) is 3.49. The summed E-state index contributed by atoms with van der Waals surface area (Å²) in [4.78, 5) is 7.40. The van der Waals surface area contributed by atoms with Gasteiger partial charge in [-0.15, -0.1) is 0 Å². The number of rotatable bonds is 1. The van der Waals surface area contributed by atoms with E-state index >= 15 is 0 Å². The molecular weight excluding hydrogens is 232 g/mol. The van der Waals surface area contributed by atoms with Gasteiger partial charge in [-0.2, -0.15) is 5.10 Å². The van der Waals surface area contributed by atoms with E-state index in [0.717, 1.165) is 4.68 Å². The highest BCUT2D eigenvalue weighted by Crippen LogP contribution is 2.07. The van der Waals surface area contributed by atoms with Gasteiger partial charge in [0, 0.05) is 10.3 Å². The maximum atomic E-state index is 7.70. The number of hydrogen-bond donors (Lipinski definition) is 0. The molecule has 0 saturated heterocycles. The van der Waals surface area contributed by atoms with Crippen LogP contribution < -0.4 is 0 Å². The highest BCUT2D eigenvalue weighted by Gasteiger charge is 1.99. The lowest BCUT2D eigenvalue weighted by molar-refractivity contribution is 0.820. The number of aromatic nitrogens is 4. The van der Waals surface area contributed by atoms with Crippen molar-refractivity contribution in [2.45, 2.75) is 6.85 Å². The van der Waals surface area contributed by atoms with Crippen LogP contribution in [0.15, 0.2) is 29.2 Å². The summed E-state index contributed by atoms with van der Waals surface area (Å²) in [5.41, 5.74) is -0.547. The van der Waals surface area contributed by atoms with Gasteiger partial charge in [0.1, 0.15) is 4.60 Å². The summed E-state index contributed by atoms with van der Waals surface area (Å²) < 4.78 is 52.8. The van der Waals surface area contributed by atoms with Gasteiger partial charge in [-0.25, -0.2) is 9.67 Å². The molecule has 0 aliphatic heterocycles. The SMILES string of the molecule is [2H]c1nc([2H])c(-n2nc(C([2H])([2H])[2H])c([2H])c2[2H])nc1Br. The molecule has 2 rings (SSSR count). The maximum absolute atomic E-state index is 7.70. The lowest BCUT2D eigenvalue weighted by Gasteiger charge is -1.98. The van der Waals surface area contributed by atoms with E-state index in [4.69, 9.17) is 9.60 Å². The molecule has 0 N–H and O–H groups in total. The minimum Gasteiger partial charge on any atom is -0.258 e. The van der Waals surface area contributed by atoms with E-state index in [2.05, 4.69) is 31.0 Å². The van der Waals surface area contributed by atoms with Crippen LogP contribution in [0.3, 0.4) is 0 Å². The van der Waals surface area contributed by atoms with Crippen molar-refractivity contribution < 1.29 is 9.60 Å². The molecule has 0 aliphatic carbocycles. The van der Waals surface area contributed by atoms with Gasteiger partial charge in [-0.05, 0) is 28.8 Å². The smallest absolute Gasteiger partial charge is 0.172 e. The van der Waals surface area contributed by atoms with Crippen molar-refractivity contribution in [1.29, 1.82) is 0 Å². The van der Waals surface area contributed by atoms with Crippen molar-refractivity contribution in [3.05, 3.63) is 34.9 Å². The van der Waals surface area contributed by atoms with E-state index in [1.54, 1.807) is 0 Å². The van der Waals surface area contributed by atoms with Crippen molar-refractivity contribution >= 4 is 15.9 Å². The van der Waals surface area contributed by atoms with Gasteiger partial charge >= 0.3 is 0 Å². The van der Waals surface area contributed by atoms with Crippen LogP contribution in [-0.2, 0) is 0 Å². The van der Waals surface area contributed by atoms with E-state index in [1.165, 1.54) is 0 Å². The topological polar surface area (TPSA) is 43.6 Å². The third-order valence-corrected chi connectivity index (χ3v) is 1.54. The Hall–Kier alpha value is -1.23. The van der Waals surface area contributed by atoms with Crippen LogP contribution >= 0.6 is 15.9 Å². The van der Waals surface area contributed by atoms with Gasteiger partial charge in [-0.3, -0.25) is 4.98 Å². The number of hydrogen-bond acceptors (Lipinski definition) is 3. The molecule has 0 radical (unpaired) electrons. The molecule has 4 nitrogen and oxygen atoms in total. The Morgan fingerprint density at radius 3 is 3.31 bits per heavy atom. The molecule has 5 heteroatoms. The molecule has 0 aromatic carbocycles. The lowest BCUT2D eigenvalue weighted by atomic mass is 10.5.